The van der Waals surface area contributed by atoms with E-state index in [-0.39, 0.29) is 5.56 Å². The van der Waals surface area contributed by atoms with Gasteiger partial charge in [-0.05, 0) is 34.7 Å². The van der Waals surface area contributed by atoms with Gasteiger partial charge in [0.2, 0.25) is 0 Å². The van der Waals surface area contributed by atoms with E-state index in [4.69, 9.17) is 0 Å². The normalized spacial score (nSPS) is 12.0. The highest BCUT2D eigenvalue weighted by Gasteiger charge is 2.32. The minimum absolute atomic E-state index is 0.134. The molecule has 0 saturated heterocycles. The van der Waals surface area contributed by atoms with Crippen LogP contribution < -0.4 is 5.11 Å². The number of carboxylic acid groups (broad SMARTS) is 1. The predicted molar refractivity (Wildman–Crippen MR) is 115 cm³/mol. The molecule has 0 unspecified atom stereocenters. The van der Waals surface area contributed by atoms with Gasteiger partial charge < -0.3 is 10.2 Å². The van der Waals surface area contributed by atoms with Crippen molar-refractivity contribution >= 4 is 5.97 Å². The molecule has 3 nitrogen and oxygen atoms in total. The molecule has 0 aliphatic carbocycles. The molecular formula is C26H27O3-. The average molecular weight is 387 g/mol. The van der Waals surface area contributed by atoms with Crippen LogP contribution in [0.2, 0.25) is 0 Å². The van der Waals surface area contributed by atoms with Crippen molar-refractivity contribution in [3.8, 4) is 5.75 Å². The molecule has 0 saturated carbocycles. The molecule has 0 aliphatic rings. The highest BCUT2D eigenvalue weighted by Crippen LogP contribution is 2.43. The minimum Gasteiger partial charge on any atom is -0.872 e. The molecule has 29 heavy (non-hydrogen) atoms. The first-order chi connectivity index (χ1) is 13.6. The summed E-state index contributed by atoms with van der Waals surface area (Å²) < 4.78 is 0. The second-order valence-electron chi connectivity index (χ2n) is 8.59. The van der Waals surface area contributed by atoms with Crippen LogP contribution in [0.25, 0.3) is 0 Å². The van der Waals surface area contributed by atoms with E-state index in [0.29, 0.717) is 11.1 Å². The summed E-state index contributed by atoms with van der Waals surface area (Å²) in [5, 5.41) is 23.2. The summed E-state index contributed by atoms with van der Waals surface area (Å²) in [7, 11) is 0. The van der Waals surface area contributed by atoms with Crippen molar-refractivity contribution in [1.29, 1.82) is 0 Å². The fraction of sp³-hybridized carbons (Fsp3) is 0.269. The molecule has 3 rings (SSSR count). The van der Waals surface area contributed by atoms with Crippen molar-refractivity contribution in [3.63, 3.8) is 0 Å². The molecule has 3 heteroatoms. The van der Waals surface area contributed by atoms with Gasteiger partial charge in [-0.25, -0.2) is 4.79 Å². The van der Waals surface area contributed by atoms with Crippen LogP contribution in [0.1, 0.15) is 65.9 Å². The lowest BCUT2D eigenvalue weighted by molar-refractivity contribution is -0.270. The Morgan fingerprint density at radius 2 is 1.21 bits per heavy atom. The van der Waals surface area contributed by atoms with E-state index in [1.54, 1.807) is 6.92 Å². The third-order valence-electron chi connectivity index (χ3n) is 6.09. The lowest BCUT2D eigenvalue weighted by atomic mass is 9.70. The number of hydrogen-bond acceptors (Lipinski definition) is 2. The molecule has 0 aliphatic heterocycles. The van der Waals surface area contributed by atoms with Gasteiger partial charge in [-0.2, -0.15) is 0 Å². The van der Waals surface area contributed by atoms with Gasteiger partial charge in [-0.15, -0.1) is 0 Å². The van der Waals surface area contributed by atoms with E-state index in [1.165, 1.54) is 0 Å². The molecule has 0 radical (unpaired) electrons. The van der Waals surface area contributed by atoms with Crippen LogP contribution in [0, 0.1) is 6.92 Å². The predicted octanol–water partition coefficient (Wildman–Crippen LogP) is 5.42. The summed E-state index contributed by atoms with van der Waals surface area (Å²) in [5.41, 5.74) is 2.73. The van der Waals surface area contributed by atoms with Gasteiger partial charge in [0.25, 0.3) is 0 Å². The van der Waals surface area contributed by atoms with Gasteiger partial charge in [0, 0.05) is 10.8 Å². The van der Waals surface area contributed by atoms with E-state index in [2.05, 4.69) is 13.8 Å². The Morgan fingerprint density at radius 1 is 0.793 bits per heavy atom. The fourth-order valence-electron chi connectivity index (χ4n) is 4.15. The topological polar surface area (TPSA) is 60.4 Å². The number of carbonyl (C=O) groups is 1. The van der Waals surface area contributed by atoms with Crippen LogP contribution in [0.5, 0.6) is 5.75 Å². The van der Waals surface area contributed by atoms with Crippen molar-refractivity contribution in [3.05, 3.63) is 100 Å². The first-order valence-electron chi connectivity index (χ1n) is 9.78. The number of benzene rings is 3. The number of rotatable bonds is 5. The Bertz CT molecular complexity index is 957. The second-order valence-corrected chi connectivity index (χ2v) is 8.59. The Balaban J connectivity index is 2.33. The maximum atomic E-state index is 13.3. The van der Waals surface area contributed by atoms with Gasteiger partial charge in [-0.3, -0.25) is 0 Å². The molecule has 150 valence electrons. The van der Waals surface area contributed by atoms with E-state index in [0.717, 1.165) is 16.7 Å². The molecule has 0 aromatic heterocycles. The maximum Gasteiger partial charge on any atom is 0.335 e. The molecule has 0 bridgehead atoms. The summed E-state index contributed by atoms with van der Waals surface area (Å²) >= 11 is 0. The van der Waals surface area contributed by atoms with Crippen molar-refractivity contribution in [2.45, 2.75) is 45.4 Å². The molecule has 3 aromatic rings. The highest BCUT2D eigenvalue weighted by molar-refractivity contribution is 5.94. The van der Waals surface area contributed by atoms with Crippen LogP contribution in [0.4, 0.5) is 0 Å². The van der Waals surface area contributed by atoms with Crippen molar-refractivity contribution in [1.82, 2.24) is 0 Å². The lowest BCUT2D eigenvalue weighted by Crippen LogP contribution is -2.27. The third-order valence-corrected chi connectivity index (χ3v) is 6.09. The number of hydrogen-bond donors (Lipinski definition) is 1. The molecule has 0 amide bonds. The Kier molecular flexibility index (Phi) is 5.27. The molecule has 1 N–H and O–H groups in total. The third kappa shape index (κ3) is 3.53. The van der Waals surface area contributed by atoms with E-state index in [1.807, 2.05) is 80.6 Å². The zero-order chi connectivity index (χ0) is 21.4. The largest absolute Gasteiger partial charge is 0.872 e. The second kappa shape index (κ2) is 7.40. The summed E-state index contributed by atoms with van der Waals surface area (Å²) in [5.74, 6) is -1.58. The van der Waals surface area contributed by atoms with E-state index in [9.17, 15) is 15.0 Å². The van der Waals surface area contributed by atoms with Crippen molar-refractivity contribution < 1.29 is 15.0 Å². The van der Waals surface area contributed by atoms with Crippen LogP contribution >= 0.6 is 0 Å². The van der Waals surface area contributed by atoms with Gasteiger partial charge >= 0.3 is 5.97 Å². The van der Waals surface area contributed by atoms with Gasteiger partial charge in [-0.1, -0.05) is 100 Å². The number of aromatic carboxylic acids is 1. The standard InChI is InChI=1S/C26H28O3/c1-17-20(25(2,3)18-12-8-6-9-13-18)16-21(23(27)22(17)24(28)29)26(4,5)19-14-10-7-11-15-19/h6-16,27H,1-5H3,(H,28,29)/p-1. The molecule has 0 spiro atoms. The van der Waals surface area contributed by atoms with E-state index < -0.39 is 22.5 Å². The van der Waals surface area contributed by atoms with Crippen LogP contribution in [0.15, 0.2) is 66.7 Å². The monoisotopic (exact) mass is 387 g/mol. The summed E-state index contributed by atoms with van der Waals surface area (Å²) in [6.07, 6.45) is 0. The van der Waals surface area contributed by atoms with Crippen molar-refractivity contribution in [2.24, 2.45) is 0 Å². The molecular weight excluding hydrogens is 360 g/mol. The lowest BCUT2D eigenvalue weighted by Gasteiger charge is -2.36. The molecule has 0 fully saturated rings. The minimum atomic E-state index is -1.18. The Morgan fingerprint density at radius 3 is 1.62 bits per heavy atom. The summed E-state index contributed by atoms with van der Waals surface area (Å²) in [6.45, 7) is 9.82. The zero-order valence-electron chi connectivity index (χ0n) is 17.6. The number of carboxylic acids is 1. The van der Waals surface area contributed by atoms with Crippen molar-refractivity contribution in [2.75, 3.05) is 0 Å². The van der Waals surface area contributed by atoms with Gasteiger partial charge in [0.1, 0.15) is 0 Å². The first-order valence-corrected chi connectivity index (χ1v) is 9.78. The molecule has 3 aromatic carbocycles. The Labute approximate surface area is 172 Å². The average Bonchev–Trinajstić information content (AvgIpc) is 2.68. The fourth-order valence-corrected chi connectivity index (χ4v) is 4.15. The van der Waals surface area contributed by atoms with Crippen LogP contribution in [-0.2, 0) is 10.8 Å². The summed E-state index contributed by atoms with van der Waals surface area (Å²) in [4.78, 5) is 12.1. The first kappa shape index (κ1) is 20.7. The van der Waals surface area contributed by atoms with Crippen LogP contribution in [-0.4, -0.2) is 11.1 Å². The maximum absolute atomic E-state index is 13.3. The smallest absolute Gasteiger partial charge is 0.335 e. The van der Waals surface area contributed by atoms with E-state index >= 15 is 0 Å². The quantitative estimate of drug-likeness (QED) is 0.636. The SMILES string of the molecule is Cc1c(C(C)(C)c2ccccc2)cc(C(C)(C)c2ccccc2)c([O-])c1C(=O)O. The highest BCUT2D eigenvalue weighted by atomic mass is 16.4. The van der Waals surface area contributed by atoms with Gasteiger partial charge in [0.15, 0.2) is 0 Å². The summed E-state index contributed by atoms with van der Waals surface area (Å²) in [6, 6.07) is 21.6. The molecule has 0 heterocycles. The Hall–Kier alpha value is -3.07. The molecule has 0 atom stereocenters. The van der Waals surface area contributed by atoms with Gasteiger partial charge in [0.05, 0.1) is 5.56 Å². The van der Waals surface area contributed by atoms with Crippen LogP contribution in [0.3, 0.4) is 0 Å². The zero-order valence-corrected chi connectivity index (χ0v) is 17.6.